The average molecular weight is 268 g/mol. The first-order chi connectivity index (χ1) is 9.18. The van der Waals surface area contributed by atoms with Crippen molar-refractivity contribution in [2.75, 3.05) is 5.75 Å². The van der Waals surface area contributed by atoms with E-state index >= 15 is 0 Å². The van der Waals surface area contributed by atoms with E-state index in [4.69, 9.17) is 0 Å². The Bertz CT molecular complexity index is 627. The molecule has 0 unspecified atom stereocenters. The van der Waals surface area contributed by atoms with E-state index in [-0.39, 0.29) is 5.25 Å². The molecule has 0 aliphatic heterocycles. The van der Waals surface area contributed by atoms with Crippen LogP contribution in [0.5, 0.6) is 0 Å². The van der Waals surface area contributed by atoms with Gasteiger partial charge in [0, 0.05) is 16.6 Å². The summed E-state index contributed by atoms with van der Waals surface area (Å²) in [6.45, 7) is 5.82. The molecular weight excluding hydrogens is 252 g/mol. The molecule has 0 aromatic heterocycles. The van der Waals surface area contributed by atoms with Crippen molar-refractivity contribution in [1.82, 2.24) is 0 Å². The molecule has 0 amide bonds. The number of rotatable bonds is 3. The van der Waals surface area contributed by atoms with Crippen LogP contribution in [0.1, 0.15) is 23.3 Å². The van der Waals surface area contributed by atoms with Gasteiger partial charge in [0.2, 0.25) is 0 Å². The standard InChI is InChI=1S/C17H16OS/c1-12(2)11-19(18)17-15-9-5-3-7-13(15)14-8-4-6-10-16(14)17/h3-10,17H,1,11H2,2H3/t19-/m1/s1. The summed E-state index contributed by atoms with van der Waals surface area (Å²) in [5, 5.41) is -0.0101. The van der Waals surface area contributed by atoms with E-state index in [0.717, 1.165) is 5.57 Å². The second kappa shape index (κ2) is 4.78. The van der Waals surface area contributed by atoms with Crippen LogP contribution in [0.15, 0.2) is 60.7 Å². The predicted molar refractivity (Wildman–Crippen MR) is 81.5 cm³/mol. The molecule has 3 rings (SSSR count). The molecule has 2 aromatic carbocycles. The highest BCUT2D eigenvalue weighted by Crippen LogP contribution is 2.46. The zero-order valence-electron chi connectivity index (χ0n) is 10.9. The van der Waals surface area contributed by atoms with E-state index in [0.29, 0.717) is 5.75 Å². The molecule has 96 valence electrons. The lowest BCUT2D eigenvalue weighted by Gasteiger charge is -2.13. The van der Waals surface area contributed by atoms with E-state index in [2.05, 4.69) is 30.8 Å². The van der Waals surface area contributed by atoms with Gasteiger partial charge in [-0.1, -0.05) is 60.7 Å². The summed E-state index contributed by atoms with van der Waals surface area (Å²) in [6.07, 6.45) is 0. The van der Waals surface area contributed by atoms with Crippen LogP contribution in [-0.2, 0) is 10.8 Å². The highest BCUT2D eigenvalue weighted by molar-refractivity contribution is 7.85. The van der Waals surface area contributed by atoms with Crippen molar-refractivity contribution in [2.24, 2.45) is 0 Å². The minimum Gasteiger partial charge on any atom is -0.258 e. The number of hydrogen-bond donors (Lipinski definition) is 0. The highest BCUT2D eigenvalue weighted by atomic mass is 32.2. The predicted octanol–water partition coefficient (Wildman–Crippen LogP) is 4.08. The molecule has 0 saturated carbocycles. The lowest BCUT2D eigenvalue weighted by molar-refractivity contribution is 0.680. The Morgan fingerprint density at radius 3 is 2.00 bits per heavy atom. The Hall–Kier alpha value is -1.67. The molecule has 2 heteroatoms. The fourth-order valence-electron chi connectivity index (χ4n) is 2.72. The van der Waals surface area contributed by atoms with Gasteiger partial charge in [0.15, 0.2) is 0 Å². The fraction of sp³-hybridized carbons (Fsp3) is 0.176. The summed E-state index contributed by atoms with van der Waals surface area (Å²) >= 11 is 0. The fourth-order valence-corrected chi connectivity index (χ4v) is 4.35. The van der Waals surface area contributed by atoms with E-state index in [1.165, 1.54) is 22.3 Å². The molecule has 1 nitrogen and oxygen atoms in total. The quantitative estimate of drug-likeness (QED) is 0.767. The lowest BCUT2D eigenvalue weighted by Crippen LogP contribution is -2.09. The van der Waals surface area contributed by atoms with Gasteiger partial charge in [0.25, 0.3) is 0 Å². The molecule has 19 heavy (non-hydrogen) atoms. The first-order valence-electron chi connectivity index (χ1n) is 6.38. The number of benzene rings is 2. The maximum absolute atomic E-state index is 12.6. The third-order valence-electron chi connectivity index (χ3n) is 3.43. The first kappa shape index (κ1) is 12.4. The van der Waals surface area contributed by atoms with Crippen molar-refractivity contribution >= 4 is 10.8 Å². The van der Waals surface area contributed by atoms with E-state index in [1.807, 2.05) is 31.2 Å². The van der Waals surface area contributed by atoms with Crippen molar-refractivity contribution in [3.8, 4) is 11.1 Å². The van der Waals surface area contributed by atoms with E-state index in [9.17, 15) is 4.21 Å². The number of hydrogen-bond acceptors (Lipinski definition) is 1. The largest absolute Gasteiger partial charge is 0.258 e. The second-order valence-corrected chi connectivity index (χ2v) is 6.56. The Balaban J connectivity index is 2.15. The van der Waals surface area contributed by atoms with E-state index < -0.39 is 10.8 Å². The third-order valence-corrected chi connectivity index (χ3v) is 5.24. The summed E-state index contributed by atoms with van der Waals surface area (Å²) in [5.41, 5.74) is 5.78. The van der Waals surface area contributed by atoms with Gasteiger partial charge in [0.05, 0.1) is 5.25 Å². The van der Waals surface area contributed by atoms with Gasteiger partial charge >= 0.3 is 0 Å². The summed E-state index contributed by atoms with van der Waals surface area (Å²) < 4.78 is 12.6. The molecule has 0 heterocycles. The molecule has 0 saturated heterocycles. The Labute approximate surface area is 116 Å². The van der Waals surface area contributed by atoms with Crippen LogP contribution in [0.2, 0.25) is 0 Å². The molecule has 0 N–H and O–H groups in total. The molecule has 0 fully saturated rings. The van der Waals surface area contributed by atoms with Gasteiger partial charge in [-0.3, -0.25) is 4.21 Å². The second-order valence-electron chi connectivity index (χ2n) is 5.04. The third kappa shape index (κ3) is 2.06. The van der Waals surface area contributed by atoms with Crippen LogP contribution in [0.3, 0.4) is 0 Å². The molecular formula is C17H16OS. The molecule has 0 bridgehead atoms. The van der Waals surface area contributed by atoms with Crippen LogP contribution >= 0.6 is 0 Å². The summed E-state index contributed by atoms with van der Waals surface area (Å²) in [4.78, 5) is 0. The van der Waals surface area contributed by atoms with Crippen LogP contribution in [0, 0.1) is 0 Å². The van der Waals surface area contributed by atoms with Crippen LogP contribution in [0.25, 0.3) is 11.1 Å². The zero-order chi connectivity index (χ0) is 13.4. The SMILES string of the molecule is C=C(C)C[S@@](=O)C1c2ccccc2-c2ccccc21. The highest BCUT2D eigenvalue weighted by Gasteiger charge is 2.31. The van der Waals surface area contributed by atoms with Gasteiger partial charge in [-0.2, -0.15) is 0 Å². The average Bonchev–Trinajstić information content (AvgIpc) is 2.72. The van der Waals surface area contributed by atoms with Crippen molar-refractivity contribution in [1.29, 1.82) is 0 Å². The summed E-state index contributed by atoms with van der Waals surface area (Å²) in [6, 6.07) is 16.6. The van der Waals surface area contributed by atoms with Crippen molar-refractivity contribution in [3.05, 3.63) is 71.8 Å². The van der Waals surface area contributed by atoms with Gasteiger partial charge in [-0.25, -0.2) is 0 Å². The number of fused-ring (bicyclic) bond motifs is 3. The van der Waals surface area contributed by atoms with Crippen LogP contribution in [-0.4, -0.2) is 9.96 Å². The van der Waals surface area contributed by atoms with Crippen LogP contribution in [0.4, 0.5) is 0 Å². The molecule has 0 radical (unpaired) electrons. The van der Waals surface area contributed by atoms with Gasteiger partial charge in [-0.15, -0.1) is 0 Å². The summed E-state index contributed by atoms with van der Waals surface area (Å²) in [7, 11) is -0.948. The zero-order valence-corrected chi connectivity index (χ0v) is 11.7. The molecule has 0 spiro atoms. The molecule has 2 aromatic rings. The van der Waals surface area contributed by atoms with Crippen molar-refractivity contribution in [2.45, 2.75) is 12.2 Å². The maximum atomic E-state index is 12.6. The lowest BCUT2D eigenvalue weighted by atomic mass is 10.1. The summed E-state index contributed by atoms with van der Waals surface area (Å²) in [5.74, 6) is 0.563. The van der Waals surface area contributed by atoms with Crippen LogP contribution < -0.4 is 0 Å². The molecule has 1 aliphatic rings. The molecule has 1 atom stereocenters. The van der Waals surface area contributed by atoms with Crippen molar-refractivity contribution < 1.29 is 4.21 Å². The van der Waals surface area contributed by atoms with Gasteiger partial charge < -0.3 is 0 Å². The maximum Gasteiger partial charge on any atom is 0.0862 e. The first-order valence-corrected chi connectivity index (χ1v) is 7.76. The normalized spacial score (nSPS) is 14.8. The van der Waals surface area contributed by atoms with Gasteiger partial charge in [-0.05, 0) is 29.2 Å². The molecule has 1 aliphatic carbocycles. The Morgan fingerprint density at radius 2 is 1.53 bits per heavy atom. The van der Waals surface area contributed by atoms with Crippen molar-refractivity contribution in [3.63, 3.8) is 0 Å². The topological polar surface area (TPSA) is 17.1 Å². The minimum atomic E-state index is -0.948. The Morgan fingerprint density at radius 1 is 1.05 bits per heavy atom. The van der Waals surface area contributed by atoms with Gasteiger partial charge in [0.1, 0.15) is 0 Å². The van der Waals surface area contributed by atoms with E-state index in [1.54, 1.807) is 0 Å². The monoisotopic (exact) mass is 268 g/mol. The smallest absolute Gasteiger partial charge is 0.0862 e. The Kier molecular flexibility index (Phi) is 3.11. The minimum absolute atomic E-state index is 0.0101.